The minimum Gasteiger partial charge on any atom is -0.336 e. The van der Waals surface area contributed by atoms with Crippen molar-refractivity contribution in [2.45, 2.75) is 24.8 Å². The lowest BCUT2D eigenvalue weighted by Gasteiger charge is -2.49. The molecule has 2 aromatic rings. The van der Waals surface area contributed by atoms with E-state index < -0.39 is 0 Å². The van der Waals surface area contributed by atoms with Gasteiger partial charge in [0.1, 0.15) is 0 Å². The summed E-state index contributed by atoms with van der Waals surface area (Å²) in [7, 11) is 4.17. The summed E-state index contributed by atoms with van der Waals surface area (Å²) in [6, 6.07) is 8.23. The molecule has 0 amide bonds. The smallest absolute Gasteiger partial charge is 0.205 e. The van der Waals surface area contributed by atoms with Crippen LogP contribution in [0.15, 0.2) is 36.7 Å². The Bertz CT molecular complexity index is 569. The van der Waals surface area contributed by atoms with Crippen molar-refractivity contribution in [1.29, 1.82) is 0 Å². The Balaban J connectivity index is 1.99. The third-order valence-electron chi connectivity index (χ3n) is 4.30. The molecule has 100 valence electrons. The van der Waals surface area contributed by atoms with Crippen LogP contribution in [-0.4, -0.2) is 16.6 Å². The van der Waals surface area contributed by atoms with Gasteiger partial charge in [0, 0.05) is 31.5 Å². The molecule has 0 N–H and O–H groups in total. The van der Waals surface area contributed by atoms with Crippen LogP contribution in [0.1, 0.15) is 24.8 Å². The Morgan fingerprint density at radius 2 is 1.95 bits per heavy atom. The minimum atomic E-state index is 0.0731. The van der Waals surface area contributed by atoms with Crippen LogP contribution in [0.25, 0.3) is 0 Å². The molecule has 1 aromatic carbocycles. The summed E-state index contributed by atoms with van der Waals surface area (Å²) in [6.45, 7) is 0. The number of anilines is 1. The van der Waals surface area contributed by atoms with E-state index in [4.69, 9.17) is 11.6 Å². The molecular weight excluding hydrogens is 258 g/mol. The van der Waals surface area contributed by atoms with Crippen molar-refractivity contribution in [2.24, 2.45) is 7.05 Å². The maximum Gasteiger partial charge on any atom is 0.205 e. The number of halogens is 1. The zero-order valence-electron chi connectivity index (χ0n) is 11.3. The molecule has 0 unspecified atom stereocenters. The molecule has 0 saturated heterocycles. The van der Waals surface area contributed by atoms with Crippen LogP contribution in [-0.2, 0) is 12.6 Å². The zero-order valence-corrected chi connectivity index (χ0v) is 12.1. The fourth-order valence-corrected chi connectivity index (χ4v) is 3.09. The number of imidazole rings is 1. The first-order chi connectivity index (χ1) is 9.13. The van der Waals surface area contributed by atoms with Gasteiger partial charge in [-0.15, -0.1) is 0 Å². The summed E-state index contributed by atoms with van der Waals surface area (Å²) in [6.07, 6.45) is 7.42. The topological polar surface area (TPSA) is 21.1 Å². The maximum atomic E-state index is 6.00. The summed E-state index contributed by atoms with van der Waals surface area (Å²) in [5.41, 5.74) is 1.40. The maximum absolute atomic E-state index is 6.00. The van der Waals surface area contributed by atoms with Crippen LogP contribution >= 0.6 is 11.6 Å². The van der Waals surface area contributed by atoms with Gasteiger partial charge in [0.2, 0.25) is 5.95 Å². The quantitative estimate of drug-likeness (QED) is 0.854. The zero-order chi connectivity index (χ0) is 13.5. The second kappa shape index (κ2) is 4.57. The van der Waals surface area contributed by atoms with E-state index in [9.17, 15) is 0 Å². The van der Waals surface area contributed by atoms with Gasteiger partial charge in [0.15, 0.2) is 0 Å². The van der Waals surface area contributed by atoms with E-state index >= 15 is 0 Å². The minimum absolute atomic E-state index is 0.0731. The summed E-state index contributed by atoms with van der Waals surface area (Å²) in [5.74, 6) is 1.01. The third-order valence-corrected chi connectivity index (χ3v) is 4.55. The van der Waals surface area contributed by atoms with Gasteiger partial charge in [-0.1, -0.05) is 23.7 Å². The van der Waals surface area contributed by atoms with E-state index in [1.54, 1.807) is 0 Å². The van der Waals surface area contributed by atoms with Gasteiger partial charge in [-0.3, -0.25) is 0 Å². The largest absolute Gasteiger partial charge is 0.336 e. The predicted molar refractivity (Wildman–Crippen MR) is 78.6 cm³/mol. The van der Waals surface area contributed by atoms with Gasteiger partial charge in [-0.05, 0) is 37.0 Å². The molecule has 19 heavy (non-hydrogen) atoms. The molecule has 1 aliphatic carbocycles. The van der Waals surface area contributed by atoms with E-state index in [-0.39, 0.29) is 5.54 Å². The molecule has 3 rings (SSSR count). The number of hydrogen-bond donors (Lipinski definition) is 0. The number of benzene rings is 1. The van der Waals surface area contributed by atoms with E-state index in [0.29, 0.717) is 0 Å². The highest BCUT2D eigenvalue weighted by molar-refractivity contribution is 6.30. The molecule has 1 saturated carbocycles. The Kier molecular flexibility index (Phi) is 3.02. The molecule has 0 spiro atoms. The monoisotopic (exact) mass is 275 g/mol. The number of aromatic nitrogens is 2. The van der Waals surface area contributed by atoms with Crippen LogP contribution in [0.4, 0.5) is 5.95 Å². The highest BCUT2D eigenvalue weighted by atomic mass is 35.5. The van der Waals surface area contributed by atoms with E-state index in [1.165, 1.54) is 12.0 Å². The molecule has 4 heteroatoms. The standard InChI is InChI=1S/C15H18ClN3/c1-18-11-10-17-14(18)19(2)15(8-3-9-15)12-4-6-13(16)7-5-12/h4-7,10-11H,3,8-9H2,1-2H3. The Labute approximate surface area is 118 Å². The molecule has 3 nitrogen and oxygen atoms in total. The van der Waals surface area contributed by atoms with Gasteiger partial charge in [0.05, 0.1) is 5.54 Å². The Morgan fingerprint density at radius 1 is 1.26 bits per heavy atom. The first-order valence-electron chi connectivity index (χ1n) is 6.61. The summed E-state index contributed by atoms with van der Waals surface area (Å²) < 4.78 is 2.07. The van der Waals surface area contributed by atoms with Crippen molar-refractivity contribution in [2.75, 3.05) is 11.9 Å². The third kappa shape index (κ3) is 1.93. The van der Waals surface area contributed by atoms with Crippen molar-refractivity contribution >= 4 is 17.5 Å². The van der Waals surface area contributed by atoms with Crippen molar-refractivity contribution < 1.29 is 0 Å². The van der Waals surface area contributed by atoms with Crippen molar-refractivity contribution in [1.82, 2.24) is 9.55 Å². The SMILES string of the molecule is CN(c1nccn1C)C1(c2ccc(Cl)cc2)CCC1. The lowest BCUT2D eigenvalue weighted by atomic mass is 9.71. The lowest BCUT2D eigenvalue weighted by molar-refractivity contribution is 0.237. The van der Waals surface area contributed by atoms with Crippen molar-refractivity contribution in [3.8, 4) is 0 Å². The van der Waals surface area contributed by atoms with Gasteiger partial charge in [-0.2, -0.15) is 0 Å². The fourth-order valence-electron chi connectivity index (χ4n) is 2.96. The summed E-state index contributed by atoms with van der Waals surface area (Å²) in [5, 5.41) is 0.790. The number of aryl methyl sites for hydroxylation is 1. The molecule has 0 bridgehead atoms. The number of hydrogen-bond acceptors (Lipinski definition) is 2. The highest BCUT2D eigenvalue weighted by Crippen LogP contribution is 2.47. The van der Waals surface area contributed by atoms with Crippen molar-refractivity contribution in [3.63, 3.8) is 0 Å². The molecule has 1 aromatic heterocycles. The van der Waals surface area contributed by atoms with Gasteiger partial charge in [0.25, 0.3) is 0 Å². The second-order valence-corrected chi connectivity index (χ2v) is 5.73. The number of rotatable bonds is 3. The summed E-state index contributed by atoms with van der Waals surface area (Å²) >= 11 is 6.00. The predicted octanol–water partition coefficient (Wildman–Crippen LogP) is 3.59. The molecule has 1 aliphatic rings. The molecule has 1 heterocycles. The lowest BCUT2D eigenvalue weighted by Crippen LogP contribution is -2.50. The van der Waals surface area contributed by atoms with Crippen LogP contribution in [0.2, 0.25) is 5.02 Å². The molecular formula is C15H18ClN3. The average molecular weight is 276 g/mol. The molecule has 0 radical (unpaired) electrons. The first kappa shape index (κ1) is 12.5. The van der Waals surface area contributed by atoms with Crippen LogP contribution < -0.4 is 4.90 Å². The number of nitrogens with zero attached hydrogens (tertiary/aromatic N) is 3. The second-order valence-electron chi connectivity index (χ2n) is 5.29. The summed E-state index contributed by atoms with van der Waals surface area (Å²) in [4.78, 5) is 6.77. The Morgan fingerprint density at radius 3 is 2.42 bits per heavy atom. The van der Waals surface area contributed by atoms with Crippen LogP contribution in [0.5, 0.6) is 0 Å². The molecule has 0 atom stereocenters. The van der Waals surface area contributed by atoms with Crippen LogP contribution in [0, 0.1) is 0 Å². The molecule has 0 aliphatic heterocycles. The van der Waals surface area contributed by atoms with Gasteiger partial charge in [-0.25, -0.2) is 4.98 Å². The van der Waals surface area contributed by atoms with Crippen LogP contribution in [0.3, 0.4) is 0 Å². The highest BCUT2D eigenvalue weighted by Gasteiger charge is 2.43. The molecule has 1 fully saturated rings. The van der Waals surface area contributed by atoms with E-state index in [1.807, 2.05) is 31.6 Å². The van der Waals surface area contributed by atoms with E-state index in [2.05, 4.69) is 33.6 Å². The van der Waals surface area contributed by atoms with Gasteiger partial charge >= 0.3 is 0 Å². The normalized spacial score (nSPS) is 17.0. The average Bonchev–Trinajstić information content (AvgIpc) is 2.76. The van der Waals surface area contributed by atoms with Crippen molar-refractivity contribution in [3.05, 3.63) is 47.2 Å². The Hall–Kier alpha value is -1.48. The van der Waals surface area contributed by atoms with Gasteiger partial charge < -0.3 is 9.47 Å². The first-order valence-corrected chi connectivity index (χ1v) is 6.98. The fraction of sp³-hybridized carbons (Fsp3) is 0.400. The van der Waals surface area contributed by atoms with E-state index in [0.717, 1.165) is 23.8 Å².